The summed E-state index contributed by atoms with van der Waals surface area (Å²) in [7, 11) is 1.76. The topological polar surface area (TPSA) is 55.3 Å². The molecular weight excluding hydrogens is 353 g/mol. The second kappa shape index (κ2) is 5.56. The van der Waals surface area contributed by atoms with Crippen LogP contribution in [0, 0.1) is 5.82 Å². The molecule has 0 aliphatic rings. The SMILES string of the molecule is CN(Cc1cc(Br)cs1)c1c(N)cc(N)c(Cl)c1F. The third-order valence-electron chi connectivity index (χ3n) is 2.63. The van der Waals surface area contributed by atoms with Crippen LogP contribution >= 0.6 is 38.9 Å². The molecule has 19 heavy (non-hydrogen) atoms. The fourth-order valence-electron chi connectivity index (χ4n) is 1.79. The molecule has 0 aliphatic carbocycles. The molecule has 0 fully saturated rings. The van der Waals surface area contributed by atoms with Gasteiger partial charge in [0.15, 0.2) is 5.82 Å². The van der Waals surface area contributed by atoms with Gasteiger partial charge >= 0.3 is 0 Å². The standard InChI is InChI=1S/C12H12BrClFN3S/c1-18(4-7-2-6(13)5-19-7)12-9(17)3-8(16)10(14)11(12)15/h2-3,5H,4,16-17H2,1H3. The quantitative estimate of drug-likeness (QED) is 0.806. The zero-order valence-electron chi connectivity index (χ0n) is 10.1. The van der Waals surface area contributed by atoms with E-state index >= 15 is 0 Å². The van der Waals surface area contributed by atoms with Gasteiger partial charge in [-0.25, -0.2) is 4.39 Å². The van der Waals surface area contributed by atoms with Gasteiger partial charge in [-0.05, 0) is 28.1 Å². The molecule has 1 aromatic carbocycles. The Morgan fingerprint density at radius 1 is 1.37 bits per heavy atom. The fraction of sp³-hybridized carbons (Fsp3) is 0.167. The molecule has 0 bridgehead atoms. The van der Waals surface area contributed by atoms with Crippen LogP contribution in [0.2, 0.25) is 5.02 Å². The van der Waals surface area contributed by atoms with Crippen LogP contribution in [0.1, 0.15) is 4.88 Å². The van der Waals surface area contributed by atoms with Crippen molar-refractivity contribution in [2.45, 2.75) is 6.54 Å². The maximum atomic E-state index is 14.1. The Morgan fingerprint density at radius 2 is 2.05 bits per heavy atom. The van der Waals surface area contributed by atoms with Crippen LogP contribution in [0.25, 0.3) is 0 Å². The predicted octanol–water partition coefficient (Wildman–Crippen LogP) is 4.10. The largest absolute Gasteiger partial charge is 0.397 e. The van der Waals surface area contributed by atoms with Crippen LogP contribution in [-0.4, -0.2) is 7.05 Å². The highest BCUT2D eigenvalue weighted by Gasteiger charge is 2.18. The third-order valence-corrected chi connectivity index (χ3v) is 4.70. The highest BCUT2D eigenvalue weighted by molar-refractivity contribution is 9.10. The molecule has 2 aromatic rings. The van der Waals surface area contributed by atoms with Crippen molar-refractivity contribution < 1.29 is 4.39 Å². The van der Waals surface area contributed by atoms with Crippen LogP contribution in [0.15, 0.2) is 22.0 Å². The van der Waals surface area contributed by atoms with Crippen molar-refractivity contribution >= 4 is 55.9 Å². The van der Waals surface area contributed by atoms with Crippen LogP contribution in [0.4, 0.5) is 21.5 Å². The van der Waals surface area contributed by atoms with Crippen LogP contribution < -0.4 is 16.4 Å². The number of nitrogens with two attached hydrogens (primary N) is 2. The fourth-order valence-corrected chi connectivity index (χ4v) is 3.44. The molecule has 102 valence electrons. The molecule has 0 unspecified atom stereocenters. The number of thiophene rings is 1. The molecular formula is C12H12BrClFN3S. The molecule has 3 nitrogen and oxygen atoms in total. The van der Waals surface area contributed by atoms with E-state index in [2.05, 4.69) is 15.9 Å². The number of anilines is 3. The first-order valence-corrected chi connectivity index (χ1v) is 7.42. The monoisotopic (exact) mass is 363 g/mol. The molecule has 0 saturated heterocycles. The number of hydrogen-bond donors (Lipinski definition) is 2. The van der Waals surface area contributed by atoms with Gasteiger partial charge in [0.25, 0.3) is 0 Å². The maximum Gasteiger partial charge on any atom is 0.169 e. The molecule has 0 saturated carbocycles. The molecule has 0 amide bonds. The molecule has 0 atom stereocenters. The van der Waals surface area contributed by atoms with Crippen molar-refractivity contribution in [3.8, 4) is 0 Å². The summed E-state index contributed by atoms with van der Waals surface area (Å²) in [5, 5.41) is 1.88. The zero-order chi connectivity index (χ0) is 14.2. The van der Waals surface area contributed by atoms with Gasteiger partial charge in [0.05, 0.1) is 23.6 Å². The number of rotatable bonds is 3. The summed E-state index contributed by atoms with van der Waals surface area (Å²) < 4.78 is 15.1. The second-order valence-electron chi connectivity index (χ2n) is 4.12. The van der Waals surface area contributed by atoms with Gasteiger partial charge < -0.3 is 16.4 Å². The number of hydrogen-bond acceptors (Lipinski definition) is 4. The van der Waals surface area contributed by atoms with Crippen molar-refractivity contribution in [3.63, 3.8) is 0 Å². The summed E-state index contributed by atoms with van der Waals surface area (Å²) in [5.41, 5.74) is 12.1. The highest BCUT2D eigenvalue weighted by atomic mass is 79.9. The summed E-state index contributed by atoms with van der Waals surface area (Å²) >= 11 is 10.8. The zero-order valence-corrected chi connectivity index (χ0v) is 13.2. The third kappa shape index (κ3) is 2.96. The Labute approximate surface area is 128 Å². The van der Waals surface area contributed by atoms with E-state index in [1.54, 1.807) is 23.3 Å². The Kier molecular flexibility index (Phi) is 4.23. The summed E-state index contributed by atoms with van der Waals surface area (Å²) in [5.74, 6) is -0.586. The van der Waals surface area contributed by atoms with E-state index in [4.69, 9.17) is 23.1 Å². The molecule has 0 radical (unpaired) electrons. The summed E-state index contributed by atoms with van der Waals surface area (Å²) in [6.07, 6.45) is 0. The summed E-state index contributed by atoms with van der Waals surface area (Å²) in [6.45, 7) is 0.539. The van der Waals surface area contributed by atoms with Gasteiger partial charge in [0.2, 0.25) is 0 Å². The van der Waals surface area contributed by atoms with Gasteiger partial charge in [-0.2, -0.15) is 0 Å². The lowest BCUT2D eigenvalue weighted by atomic mass is 10.2. The molecule has 2 rings (SSSR count). The van der Waals surface area contributed by atoms with Crippen LogP contribution in [0.5, 0.6) is 0 Å². The van der Waals surface area contributed by atoms with Crippen molar-refractivity contribution in [2.24, 2.45) is 0 Å². The van der Waals surface area contributed by atoms with Gasteiger partial charge in [0, 0.05) is 21.8 Å². The van der Waals surface area contributed by atoms with Crippen molar-refractivity contribution in [2.75, 3.05) is 23.4 Å². The minimum atomic E-state index is -0.586. The lowest BCUT2D eigenvalue weighted by Crippen LogP contribution is -2.19. The lowest BCUT2D eigenvalue weighted by Gasteiger charge is -2.22. The first-order chi connectivity index (χ1) is 8.90. The Morgan fingerprint density at radius 3 is 2.63 bits per heavy atom. The molecule has 1 heterocycles. The first kappa shape index (κ1) is 14.4. The first-order valence-electron chi connectivity index (χ1n) is 5.37. The minimum Gasteiger partial charge on any atom is -0.397 e. The Balaban J connectivity index is 2.33. The lowest BCUT2D eigenvalue weighted by molar-refractivity contribution is 0.624. The Hall–Kier alpha value is -0.980. The van der Waals surface area contributed by atoms with E-state index in [-0.39, 0.29) is 22.1 Å². The number of benzene rings is 1. The van der Waals surface area contributed by atoms with Gasteiger partial charge in [-0.15, -0.1) is 11.3 Å². The number of nitrogen functional groups attached to an aromatic ring is 2. The summed E-state index contributed by atoms with van der Waals surface area (Å²) in [6, 6.07) is 3.45. The van der Waals surface area contributed by atoms with Crippen molar-refractivity contribution in [3.05, 3.63) is 37.7 Å². The van der Waals surface area contributed by atoms with Gasteiger partial charge in [-0.1, -0.05) is 11.6 Å². The number of halogens is 3. The van der Waals surface area contributed by atoms with E-state index in [1.807, 2.05) is 11.4 Å². The molecule has 4 N–H and O–H groups in total. The van der Waals surface area contributed by atoms with Gasteiger partial charge in [-0.3, -0.25) is 0 Å². The normalized spacial score (nSPS) is 10.7. The average Bonchev–Trinajstić information content (AvgIpc) is 2.72. The predicted molar refractivity (Wildman–Crippen MR) is 84.4 cm³/mol. The van der Waals surface area contributed by atoms with E-state index < -0.39 is 5.82 Å². The average molecular weight is 365 g/mol. The Bertz CT molecular complexity index is 617. The van der Waals surface area contributed by atoms with Crippen LogP contribution in [-0.2, 0) is 6.54 Å². The van der Waals surface area contributed by atoms with Crippen molar-refractivity contribution in [1.29, 1.82) is 0 Å². The van der Waals surface area contributed by atoms with E-state index in [0.717, 1.165) is 9.35 Å². The van der Waals surface area contributed by atoms with E-state index in [1.165, 1.54) is 6.07 Å². The van der Waals surface area contributed by atoms with Crippen LogP contribution in [0.3, 0.4) is 0 Å². The molecule has 1 aromatic heterocycles. The molecule has 0 aliphatic heterocycles. The molecule has 0 spiro atoms. The number of nitrogens with zero attached hydrogens (tertiary/aromatic N) is 1. The highest BCUT2D eigenvalue weighted by Crippen LogP contribution is 2.36. The molecule has 7 heteroatoms. The van der Waals surface area contributed by atoms with E-state index in [9.17, 15) is 4.39 Å². The van der Waals surface area contributed by atoms with Gasteiger partial charge in [0.1, 0.15) is 5.02 Å². The van der Waals surface area contributed by atoms with E-state index in [0.29, 0.717) is 6.54 Å². The smallest absolute Gasteiger partial charge is 0.169 e. The van der Waals surface area contributed by atoms with Crippen molar-refractivity contribution in [1.82, 2.24) is 0 Å². The maximum absolute atomic E-state index is 14.1. The second-order valence-corrected chi connectivity index (χ2v) is 6.41. The summed E-state index contributed by atoms with van der Waals surface area (Å²) in [4.78, 5) is 2.80. The minimum absolute atomic E-state index is 0.0941.